The lowest BCUT2D eigenvalue weighted by atomic mass is 10.1. The minimum absolute atomic E-state index is 0.183. The smallest absolute Gasteiger partial charge is 0.288 e. The van der Waals surface area contributed by atoms with Gasteiger partial charge in [-0.25, -0.2) is 0 Å². The molecule has 0 unspecified atom stereocenters. The Morgan fingerprint density at radius 2 is 2.14 bits per heavy atom. The first-order chi connectivity index (χ1) is 10.6. The molecule has 0 aromatic heterocycles. The molecule has 0 spiro atoms. The summed E-state index contributed by atoms with van der Waals surface area (Å²) < 4.78 is 5.52. The maximum absolute atomic E-state index is 12.1. The third-order valence-electron chi connectivity index (χ3n) is 3.39. The topological polar surface area (TPSA) is 75.7 Å². The van der Waals surface area contributed by atoms with Gasteiger partial charge in [-0.2, -0.15) is 0 Å². The molecule has 1 aromatic carbocycles. The molecule has 6 nitrogen and oxygen atoms in total. The van der Waals surface area contributed by atoms with E-state index in [1.165, 1.54) is 0 Å². The van der Waals surface area contributed by atoms with E-state index in [0.29, 0.717) is 5.57 Å². The van der Waals surface area contributed by atoms with Crippen molar-refractivity contribution in [2.75, 3.05) is 25.4 Å². The standard InChI is InChI=1S/C15H14N2O4S/c18-13-9-22-15(20)17(13)6-5-16-14(19)11-7-10-3-1-2-4-12(10)21-8-11/h1-4,7H,5-6,8-9H2,(H,16,19). The van der Waals surface area contributed by atoms with E-state index in [0.717, 1.165) is 28.0 Å². The highest BCUT2D eigenvalue weighted by molar-refractivity contribution is 8.14. The van der Waals surface area contributed by atoms with Crippen molar-refractivity contribution >= 4 is 34.9 Å². The lowest BCUT2D eigenvalue weighted by Crippen LogP contribution is -2.38. The maximum atomic E-state index is 12.1. The number of ether oxygens (including phenoxy) is 1. The van der Waals surface area contributed by atoms with E-state index in [4.69, 9.17) is 4.74 Å². The van der Waals surface area contributed by atoms with E-state index in [9.17, 15) is 14.4 Å². The lowest BCUT2D eigenvalue weighted by Gasteiger charge is -2.18. The van der Waals surface area contributed by atoms with Crippen molar-refractivity contribution in [1.82, 2.24) is 10.2 Å². The fraction of sp³-hybridized carbons (Fsp3) is 0.267. The Bertz CT molecular complexity index is 655. The summed E-state index contributed by atoms with van der Waals surface area (Å²) in [6.45, 7) is 0.636. The number of nitrogens with one attached hydrogen (secondary N) is 1. The number of fused-ring (bicyclic) bond motifs is 1. The average molecular weight is 318 g/mol. The molecule has 0 bridgehead atoms. The van der Waals surface area contributed by atoms with Crippen LogP contribution in [0.2, 0.25) is 0 Å². The quantitative estimate of drug-likeness (QED) is 0.905. The molecule has 2 heterocycles. The van der Waals surface area contributed by atoms with Crippen molar-refractivity contribution < 1.29 is 19.1 Å². The minimum atomic E-state index is -0.256. The summed E-state index contributed by atoms with van der Waals surface area (Å²) in [4.78, 5) is 36.1. The number of rotatable bonds is 4. The molecular formula is C15H14N2O4S. The van der Waals surface area contributed by atoms with E-state index in [-0.39, 0.29) is 42.5 Å². The van der Waals surface area contributed by atoms with Gasteiger partial charge in [0.1, 0.15) is 12.4 Å². The Balaban J connectivity index is 1.56. The lowest BCUT2D eigenvalue weighted by molar-refractivity contribution is -0.125. The number of imide groups is 1. The van der Waals surface area contributed by atoms with Crippen LogP contribution < -0.4 is 10.1 Å². The van der Waals surface area contributed by atoms with Gasteiger partial charge in [-0.1, -0.05) is 30.0 Å². The summed E-state index contributed by atoms with van der Waals surface area (Å²) in [5.41, 5.74) is 1.38. The molecule has 0 saturated carbocycles. The van der Waals surface area contributed by atoms with Crippen molar-refractivity contribution in [3.05, 3.63) is 35.4 Å². The van der Waals surface area contributed by atoms with Crippen molar-refractivity contribution in [3.8, 4) is 5.75 Å². The number of benzene rings is 1. The highest BCUT2D eigenvalue weighted by atomic mass is 32.2. The summed E-state index contributed by atoms with van der Waals surface area (Å²) in [5, 5.41) is 2.45. The third kappa shape index (κ3) is 2.99. The van der Waals surface area contributed by atoms with E-state index in [1.54, 1.807) is 6.08 Å². The van der Waals surface area contributed by atoms with Crippen LogP contribution in [-0.4, -0.2) is 47.4 Å². The average Bonchev–Trinajstić information content (AvgIpc) is 2.86. The van der Waals surface area contributed by atoms with Crippen LogP contribution in [0.3, 0.4) is 0 Å². The SMILES string of the molecule is O=C(NCCN1C(=O)CSC1=O)C1=Cc2ccccc2OC1. The predicted octanol–water partition coefficient (Wildman–Crippen LogP) is 1.27. The molecule has 0 aliphatic carbocycles. The van der Waals surface area contributed by atoms with Gasteiger partial charge >= 0.3 is 0 Å². The molecule has 1 N–H and O–H groups in total. The van der Waals surface area contributed by atoms with Crippen molar-refractivity contribution in [3.63, 3.8) is 0 Å². The van der Waals surface area contributed by atoms with Crippen molar-refractivity contribution in [2.24, 2.45) is 0 Å². The number of carbonyl (C=O) groups excluding carboxylic acids is 3. The highest BCUT2D eigenvalue weighted by Gasteiger charge is 2.29. The normalized spacial score (nSPS) is 16.9. The van der Waals surface area contributed by atoms with E-state index in [2.05, 4.69) is 5.32 Å². The van der Waals surface area contributed by atoms with Crippen molar-refractivity contribution in [2.45, 2.75) is 0 Å². The Kier molecular flexibility index (Phi) is 4.15. The maximum Gasteiger partial charge on any atom is 0.288 e. The second kappa shape index (κ2) is 6.23. The van der Waals surface area contributed by atoms with Crippen LogP contribution in [0.1, 0.15) is 5.56 Å². The first kappa shape index (κ1) is 14.6. The summed E-state index contributed by atoms with van der Waals surface area (Å²) in [5.74, 6) is 0.478. The van der Waals surface area contributed by atoms with Gasteiger partial charge in [0, 0.05) is 18.7 Å². The van der Waals surface area contributed by atoms with Crippen LogP contribution in [0.15, 0.2) is 29.8 Å². The Morgan fingerprint density at radius 3 is 2.91 bits per heavy atom. The zero-order valence-electron chi connectivity index (χ0n) is 11.7. The summed E-state index contributed by atoms with van der Waals surface area (Å²) >= 11 is 0.986. The fourth-order valence-electron chi connectivity index (χ4n) is 2.24. The van der Waals surface area contributed by atoms with Crippen LogP contribution in [0.4, 0.5) is 4.79 Å². The van der Waals surface area contributed by atoms with E-state index in [1.807, 2.05) is 24.3 Å². The number of thioether (sulfide) groups is 1. The minimum Gasteiger partial charge on any atom is -0.488 e. The van der Waals surface area contributed by atoms with Crippen LogP contribution in [0, 0.1) is 0 Å². The summed E-state index contributed by atoms with van der Waals surface area (Å²) in [6, 6.07) is 7.48. The number of carbonyl (C=O) groups is 3. The zero-order chi connectivity index (χ0) is 15.5. The molecule has 7 heteroatoms. The first-order valence-corrected chi connectivity index (χ1v) is 7.81. The highest BCUT2D eigenvalue weighted by Crippen LogP contribution is 2.25. The second-order valence-electron chi connectivity index (χ2n) is 4.85. The summed E-state index contributed by atoms with van der Waals surface area (Å²) in [7, 11) is 0. The predicted molar refractivity (Wildman–Crippen MR) is 82.5 cm³/mol. The molecule has 1 fully saturated rings. The second-order valence-corrected chi connectivity index (χ2v) is 5.78. The van der Waals surface area contributed by atoms with Crippen LogP contribution in [0.5, 0.6) is 5.75 Å². The van der Waals surface area contributed by atoms with Crippen LogP contribution >= 0.6 is 11.8 Å². The number of para-hydroxylation sites is 1. The first-order valence-electron chi connectivity index (χ1n) is 6.83. The molecule has 3 rings (SSSR count). The monoisotopic (exact) mass is 318 g/mol. The van der Waals surface area contributed by atoms with Crippen LogP contribution in [-0.2, 0) is 9.59 Å². The molecule has 2 aliphatic rings. The third-order valence-corrected chi connectivity index (χ3v) is 4.24. The van der Waals surface area contributed by atoms with E-state index < -0.39 is 0 Å². The van der Waals surface area contributed by atoms with Gasteiger partial charge in [0.05, 0.1) is 11.3 Å². The molecule has 3 amide bonds. The van der Waals surface area contributed by atoms with Gasteiger partial charge in [0.15, 0.2) is 0 Å². The number of hydrogen-bond donors (Lipinski definition) is 1. The number of hydrogen-bond acceptors (Lipinski definition) is 5. The van der Waals surface area contributed by atoms with Crippen LogP contribution in [0.25, 0.3) is 6.08 Å². The molecule has 114 valence electrons. The Morgan fingerprint density at radius 1 is 1.32 bits per heavy atom. The fourth-order valence-corrected chi connectivity index (χ4v) is 2.99. The molecular weight excluding hydrogens is 304 g/mol. The zero-order valence-corrected chi connectivity index (χ0v) is 12.5. The van der Waals surface area contributed by atoms with Gasteiger partial charge < -0.3 is 10.1 Å². The number of amides is 3. The molecule has 2 aliphatic heterocycles. The van der Waals surface area contributed by atoms with Gasteiger partial charge in [-0.15, -0.1) is 0 Å². The molecule has 1 aromatic rings. The van der Waals surface area contributed by atoms with Gasteiger partial charge in [-0.3, -0.25) is 19.3 Å². The largest absolute Gasteiger partial charge is 0.488 e. The molecule has 0 atom stereocenters. The van der Waals surface area contributed by atoms with Gasteiger partial charge in [0.2, 0.25) is 5.91 Å². The van der Waals surface area contributed by atoms with Crippen molar-refractivity contribution in [1.29, 1.82) is 0 Å². The molecule has 0 radical (unpaired) electrons. The number of nitrogens with zero attached hydrogens (tertiary/aromatic N) is 1. The summed E-state index contributed by atoms with van der Waals surface area (Å²) in [6.07, 6.45) is 1.79. The Hall–Kier alpha value is -2.28. The van der Waals surface area contributed by atoms with Gasteiger partial charge in [-0.05, 0) is 12.1 Å². The molecule has 1 saturated heterocycles. The van der Waals surface area contributed by atoms with Gasteiger partial charge in [0.25, 0.3) is 11.1 Å². The Labute approximate surface area is 131 Å². The molecule has 22 heavy (non-hydrogen) atoms. The van der Waals surface area contributed by atoms with E-state index >= 15 is 0 Å².